The van der Waals surface area contributed by atoms with E-state index in [1.807, 2.05) is 0 Å². The van der Waals surface area contributed by atoms with Crippen LogP contribution in [-0.2, 0) is 4.74 Å². The average Bonchev–Trinajstić information content (AvgIpc) is 2.54. The minimum Gasteiger partial charge on any atom is -0.378 e. The molecule has 2 heterocycles. The van der Waals surface area contributed by atoms with Gasteiger partial charge in [-0.15, -0.1) is 0 Å². The van der Waals surface area contributed by atoms with Gasteiger partial charge in [0.05, 0.1) is 6.10 Å². The Labute approximate surface area is 125 Å². The number of nitrogens with two attached hydrogens (primary N) is 1. The van der Waals surface area contributed by atoms with Crippen molar-refractivity contribution in [1.82, 2.24) is 4.90 Å². The van der Waals surface area contributed by atoms with Gasteiger partial charge in [-0.25, -0.2) is 0 Å². The molecule has 3 heteroatoms. The monoisotopic (exact) mass is 282 g/mol. The van der Waals surface area contributed by atoms with Crippen LogP contribution in [0, 0.1) is 5.41 Å². The Balaban J connectivity index is 2.03. The van der Waals surface area contributed by atoms with E-state index in [9.17, 15) is 0 Å². The molecule has 0 saturated carbocycles. The molecule has 2 atom stereocenters. The average molecular weight is 282 g/mol. The van der Waals surface area contributed by atoms with Gasteiger partial charge in [-0.3, -0.25) is 4.90 Å². The fourth-order valence-corrected chi connectivity index (χ4v) is 4.28. The molecule has 0 aromatic heterocycles. The van der Waals surface area contributed by atoms with E-state index in [1.54, 1.807) is 0 Å². The number of rotatable bonds is 5. The zero-order valence-corrected chi connectivity index (χ0v) is 13.8. The predicted molar refractivity (Wildman–Crippen MR) is 84.9 cm³/mol. The normalized spacial score (nSPS) is 35.1. The maximum Gasteiger partial charge on any atom is 0.0590 e. The molecule has 20 heavy (non-hydrogen) atoms. The van der Waals surface area contributed by atoms with Crippen LogP contribution in [-0.4, -0.2) is 42.8 Å². The highest BCUT2D eigenvalue weighted by atomic mass is 16.5. The Kier molecular flexibility index (Phi) is 5.49. The SMILES string of the molecule is CCC1CC(CN)(N2CCC(CC)(CC)CC2)CCO1. The van der Waals surface area contributed by atoms with Gasteiger partial charge in [0.25, 0.3) is 0 Å². The summed E-state index contributed by atoms with van der Waals surface area (Å²) in [6.07, 6.45) is 9.12. The van der Waals surface area contributed by atoms with Crippen molar-refractivity contribution in [2.24, 2.45) is 11.1 Å². The lowest BCUT2D eigenvalue weighted by Crippen LogP contribution is -2.61. The Morgan fingerprint density at radius 1 is 1.10 bits per heavy atom. The largest absolute Gasteiger partial charge is 0.378 e. The van der Waals surface area contributed by atoms with Crippen molar-refractivity contribution in [3.8, 4) is 0 Å². The minimum absolute atomic E-state index is 0.215. The van der Waals surface area contributed by atoms with Gasteiger partial charge in [-0.2, -0.15) is 0 Å². The molecule has 2 saturated heterocycles. The molecular formula is C17H34N2O. The smallest absolute Gasteiger partial charge is 0.0590 e. The first-order valence-corrected chi connectivity index (χ1v) is 8.70. The molecule has 0 aliphatic carbocycles. The van der Waals surface area contributed by atoms with Crippen molar-refractivity contribution in [3.63, 3.8) is 0 Å². The summed E-state index contributed by atoms with van der Waals surface area (Å²) in [4.78, 5) is 2.71. The van der Waals surface area contributed by atoms with Crippen molar-refractivity contribution in [2.75, 3.05) is 26.2 Å². The third-order valence-electron chi connectivity index (χ3n) is 6.36. The first kappa shape index (κ1) is 16.3. The first-order chi connectivity index (χ1) is 9.63. The van der Waals surface area contributed by atoms with E-state index in [1.165, 1.54) is 38.8 Å². The fraction of sp³-hybridized carbons (Fsp3) is 1.00. The third-order valence-corrected chi connectivity index (χ3v) is 6.36. The second-order valence-corrected chi connectivity index (χ2v) is 6.98. The van der Waals surface area contributed by atoms with E-state index in [-0.39, 0.29) is 5.54 Å². The van der Waals surface area contributed by atoms with Crippen molar-refractivity contribution in [2.45, 2.75) is 77.4 Å². The van der Waals surface area contributed by atoms with Crippen LogP contribution in [0.3, 0.4) is 0 Å². The lowest BCUT2D eigenvalue weighted by molar-refractivity contribution is -0.0871. The van der Waals surface area contributed by atoms with E-state index in [2.05, 4.69) is 25.7 Å². The van der Waals surface area contributed by atoms with Crippen molar-refractivity contribution >= 4 is 0 Å². The molecule has 0 amide bonds. The Morgan fingerprint density at radius 3 is 2.25 bits per heavy atom. The Hall–Kier alpha value is -0.120. The molecule has 2 aliphatic heterocycles. The molecule has 2 fully saturated rings. The van der Waals surface area contributed by atoms with E-state index in [0.717, 1.165) is 32.4 Å². The molecule has 3 nitrogen and oxygen atoms in total. The summed E-state index contributed by atoms with van der Waals surface area (Å²) < 4.78 is 5.88. The maximum absolute atomic E-state index is 6.22. The van der Waals surface area contributed by atoms with E-state index in [4.69, 9.17) is 10.5 Å². The summed E-state index contributed by atoms with van der Waals surface area (Å²) in [6.45, 7) is 11.1. The number of ether oxygens (including phenoxy) is 1. The molecule has 0 radical (unpaired) electrons. The second kappa shape index (κ2) is 6.76. The minimum atomic E-state index is 0.215. The zero-order valence-electron chi connectivity index (χ0n) is 13.8. The number of likely N-dealkylation sites (tertiary alicyclic amines) is 1. The van der Waals surface area contributed by atoms with Crippen LogP contribution >= 0.6 is 0 Å². The quantitative estimate of drug-likeness (QED) is 0.841. The molecule has 0 aromatic carbocycles. The van der Waals surface area contributed by atoms with Gasteiger partial charge in [-0.05, 0) is 50.6 Å². The molecule has 2 N–H and O–H groups in total. The van der Waals surface area contributed by atoms with Gasteiger partial charge >= 0.3 is 0 Å². The van der Waals surface area contributed by atoms with Gasteiger partial charge in [-0.1, -0.05) is 33.6 Å². The molecule has 0 spiro atoms. The highest BCUT2D eigenvalue weighted by molar-refractivity contribution is 4.99. The molecule has 2 aliphatic rings. The van der Waals surface area contributed by atoms with Crippen molar-refractivity contribution in [3.05, 3.63) is 0 Å². The molecule has 0 aromatic rings. The molecular weight excluding hydrogens is 248 g/mol. The number of nitrogens with zero attached hydrogens (tertiary/aromatic N) is 1. The van der Waals surface area contributed by atoms with Crippen LogP contribution in [0.4, 0.5) is 0 Å². The highest BCUT2D eigenvalue weighted by Gasteiger charge is 2.43. The summed E-state index contributed by atoms with van der Waals surface area (Å²) in [5, 5.41) is 0. The van der Waals surface area contributed by atoms with Gasteiger partial charge < -0.3 is 10.5 Å². The maximum atomic E-state index is 6.22. The first-order valence-electron chi connectivity index (χ1n) is 8.70. The standard InChI is InChI=1S/C17H34N2O/c1-4-15-13-17(14-18,9-12-20-15)19-10-7-16(5-2,6-3)8-11-19/h15H,4-14,18H2,1-3H3. The molecule has 2 rings (SSSR count). The lowest BCUT2D eigenvalue weighted by atomic mass is 9.72. The van der Waals surface area contributed by atoms with Gasteiger partial charge in [0.2, 0.25) is 0 Å². The van der Waals surface area contributed by atoms with Gasteiger partial charge in [0.1, 0.15) is 0 Å². The number of hydrogen-bond donors (Lipinski definition) is 1. The zero-order chi connectivity index (χ0) is 14.6. The molecule has 118 valence electrons. The number of hydrogen-bond acceptors (Lipinski definition) is 3. The summed E-state index contributed by atoms with van der Waals surface area (Å²) in [5.41, 5.74) is 7.04. The lowest BCUT2D eigenvalue weighted by Gasteiger charge is -2.52. The summed E-state index contributed by atoms with van der Waals surface area (Å²) >= 11 is 0. The van der Waals surface area contributed by atoms with Crippen LogP contribution in [0.25, 0.3) is 0 Å². The highest BCUT2D eigenvalue weighted by Crippen LogP contribution is 2.42. The second-order valence-electron chi connectivity index (χ2n) is 6.98. The Bertz CT molecular complexity index is 293. The van der Waals surface area contributed by atoms with Crippen LogP contribution in [0.2, 0.25) is 0 Å². The third kappa shape index (κ3) is 3.05. The Morgan fingerprint density at radius 2 is 1.75 bits per heavy atom. The van der Waals surface area contributed by atoms with Crippen molar-refractivity contribution in [1.29, 1.82) is 0 Å². The van der Waals surface area contributed by atoms with Crippen LogP contribution in [0.5, 0.6) is 0 Å². The fourth-order valence-electron chi connectivity index (χ4n) is 4.28. The van der Waals surface area contributed by atoms with Crippen LogP contribution < -0.4 is 5.73 Å². The van der Waals surface area contributed by atoms with E-state index in [0.29, 0.717) is 11.5 Å². The topological polar surface area (TPSA) is 38.5 Å². The predicted octanol–water partition coefficient (Wildman–Crippen LogP) is 3.18. The van der Waals surface area contributed by atoms with Crippen LogP contribution in [0.15, 0.2) is 0 Å². The van der Waals surface area contributed by atoms with E-state index < -0.39 is 0 Å². The van der Waals surface area contributed by atoms with E-state index >= 15 is 0 Å². The number of piperidine rings is 1. The molecule has 0 bridgehead atoms. The summed E-state index contributed by atoms with van der Waals surface area (Å²) in [7, 11) is 0. The summed E-state index contributed by atoms with van der Waals surface area (Å²) in [5.74, 6) is 0. The van der Waals surface area contributed by atoms with Crippen LogP contribution in [0.1, 0.15) is 65.7 Å². The van der Waals surface area contributed by atoms with Crippen molar-refractivity contribution < 1.29 is 4.74 Å². The van der Waals surface area contributed by atoms with Gasteiger partial charge in [0.15, 0.2) is 0 Å². The summed E-state index contributed by atoms with van der Waals surface area (Å²) in [6, 6.07) is 0. The van der Waals surface area contributed by atoms with Gasteiger partial charge in [0, 0.05) is 18.7 Å². The molecule has 2 unspecified atom stereocenters.